The zero-order valence-corrected chi connectivity index (χ0v) is 18.2. The van der Waals surface area contributed by atoms with E-state index in [-0.39, 0.29) is 24.0 Å². The normalized spacial score (nSPS) is 18.7. The molecule has 0 spiro atoms. The zero-order chi connectivity index (χ0) is 17.2. The summed E-state index contributed by atoms with van der Waals surface area (Å²) in [6.07, 6.45) is 4.43. The molecule has 0 aromatic carbocycles. The molecule has 1 aromatic rings. The molecule has 1 aliphatic heterocycles. The second-order valence-corrected chi connectivity index (χ2v) is 7.06. The minimum absolute atomic E-state index is 0. The second-order valence-electron chi connectivity index (χ2n) is 7.06. The molecule has 0 amide bonds. The molecule has 25 heavy (non-hydrogen) atoms. The first-order chi connectivity index (χ1) is 11.7. The van der Waals surface area contributed by atoms with E-state index in [1.807, 2.05) is 24.4 Å². The number of nitrogens with one attached hydrogen (secondary N) is 2. The number of hydrogen-bond donors (Lipinski definition) is 2. The molecule has 1 aromatic heterocycles. The van der Waals surface area contributed by atoms with Gasteiger partial charge < -0.3 is 15.5 Å². The Morgan fingerprint density at radius 1 is 1.36 bits per heavy atom. The van der Waals surface area contributed by atoms with E-state index in [1.54, 1.807) is 0 Å². The number of rotatable bonds is 7. The van der Waals surface area contributed by atoms with Crippen LogP contribution in [0.4, 0.5) is 0 Å². The number of pyridine rings is 1. The molecular formula is C19H34IN5. The van der Waals surface area contributed by atoms with Crippen LogP contribution >= 0.6 is 24.0 Å². The number of piperidine rings is 1. The Bertz CT molecular complexity index is 492. The van der Waals surface area contributed by atoms with E-state index in [4.69, 9.17) is 0 Å². The first-order valence-corrected chi connectivity index (χ1v) is 9.31. The Kier molecular flexibility index (Phi) is 11.0. The molecule has 0 aliphatic carbocycles. The average molecular weight is 459 g/mol. The first-order valence-electron chi connectivity index (χ1n) is 9.31. The Hall–Kier alpha value is -0.890. The van der Waals surface area contributed by atoms with Gasteiger partial charge in [-0.3, -0.25) is 4.98 Å². The highest BCUT2D eigenvalue weighted by molar-refractivity contribution is 14.0. The summed E-state index contributed by atoms with van der Waals surface area (Å²) < 4.78 is 0. The van der Waals surface area contributed by atoms with E-state index >= 15 is 0 Å². The Labute approximate surface area is 170 Å². The molecular weight excluding hydrogens is 425 g/mol. The molecule has 2 rings (SSSR count). The van der Waals surface area contributed by atoms with Gasteiger partial charge in [0.15, 0.2) is 5.96 Å². The van der Waals surface area contributed by atoms with Crippen molar-refractivity contribution < 1.29 is 0 Å². The molecule has 1 fully saturated rings. The summed E-state index contributed by atoms with van der Waals surface area (Å²) >= 11 is 0. The number of guanidine groups is 1. The van der Waals surface area contributed by atoms with E-state index in [1.165, 1.54) is 32.5 Å². The van der Waals surface area contributed by atoms with E-state index < -0.39 is 0 Å². The summed E-state index contributed by atoms with van der Waals surface area (Å²) in [6, 6.07) is 5.95. The number of hydrogen-bond acceptors (Lipinski definition) is 3. The molecule has 0 saturated carbocycles. The number of nitrogens with zero attached hydrogens (tertiary/aromatic N) is 3. The highest BCUT2D eigenvalue weighted by atomic mass is 127. The van der Waals surface area contributed by atoms with Gasteiger partial charge in [-0.25, -0.2) is 4.99 Å². The molecule has 6 heteroatoms. The SMILES string of the molecule is CCNC(=NCc1ccccn1)NCC1CCCN(CC(C)C)C1.I. The van der Waals surface area contributed by atoms with Gasteiger partial charge in [-0.15, -0.1) is 24.0 Å². The number of likely N-dealkylation sites (tertiary alicyclic amines) is 1. The van der Waals surface area contributed by atoms with Crippen molar-refractivity contribution in [1.82, 2.24) is 20.5 Å². The van der Waals surface area contributed by atoms with Gasteiger partial charge in [0.1, 0.15) is 0 Å². The monoisotopic (exact) mass is 459 g/mol. The largest absolute Gasteiger partial charge is 0.357 e. The van der Waals surface area contributed by atoms with Crippen LogP contribution in [-0.4, -0.2) is 48.6 Å². The van der Waals surface area contributed by atoms with Crippen LogP contribution in [0.1, 0.15) is 39.3 Å². The van der Waals surface area contributed by atoms with E-state index in [0.29, 0.717) is 12.5 Å². The van der Waals surface area contributed by atoms with Crippen LogP contribution in [-0.2, 0) is 6.54 Å². The Morgan fingerprint density at radius 3 is 2.88 bits per heavy atom. The quantitative estimate of drug-likeness (QED) is 0.374. The lowest BCUT2D eigenvalue weighted by molar-refractivity contribution is 0.159. The number of aliphatic imine (C=N–C) groups is 1. The fourth-order valence-electron chi connectivity index (χ4n) is 3.23. The van der Waals surface area contributed by atoms with Gasteiger partial charge >= 0.3 is 0 Å². The highest BCUT2D eigenvalue weighted by Crippen LogP contribution is 2.16. The van der Waals surface area contributed by atoms with Crippen molar-refractivity contribution in [3.05, 3.63) is 30.1 Å². The van der Waals surface area contributed by atoms with Crippen molar-refractivity contribution in [1.29, 1.82) is 0 Å². The molecule has 2 N–H and O–H groups in total. The average Bonchev–Trinajstić information content (AvgIpc) is 2.58. The maximum Gasteiger partial charge on any atom is 0.191 e. The topological polar surface area (TPSA) is 52.6 Å². The summed E-state index contributed by atoms with van der Waals surface area (Å²) in [4.78, 5) is 11.6. The molecule has 2 heterocycles. The van der Waals surface area contributed by atoms with Gasteiger partial charge in [0.2, 0.25) is 0 Å². The van der Waals surface area contributed by atoms with Crippen LogP contribution in [0.3, 0.4) is 0 Å². The van der Waals surface area contributed by atoms with Crippen molar-refractivity contribution in [2.45, 2.75) is 40.2 Å². The molecule has 5 nitrogen and oxygen atoms in total. The molecule has 1 atom stereocenters. The van der Waals surface area contributed by atoms with Crippen LogP contribution < -0.4 is 10.6 Å². The van der Waals surface area contributed by atoms with Gasteiger partial charge in [0.25, 0.3) is 0 Å². The van der Waals surface area contributed by atoms with E-state index in [0.717, 1.165) is 30.7 Å². The minimum atomic E-state index is 0. The van der Waals surface area contributed by atoms with Gasteiger partial charge in [-0.2, -0.15) is 0 Å². The smallest absolute Gasteiger partial charge is 0.191 e. The predicted molar refractivity (Wildman–Crippen MR) is 116 cm³/mol. The molecule has 0 bridgehead atoms. The lowest BCUT2D eigenvalue weighted by Gasteiger charge is -2.34. The van der Waals surface area contributed by atoms with Crippen LogP contribution in [0.25, 0.3) is 0 Å². The molecule has 1 saturated heterocycles. The van der Waals surface area contributed by atoms with Gasteiger partial charge in [0.05, 0.1) is 12.2 Å². The molecule has 0 radical (unpaired) electrons. The lowest BCUT2D eigenvalue weighted by Crippen LogP contribution is -2.45. The fraction of sp³-hybridized carbons (Fsp3) is 0.684. The van der Waals surface area contributed by atoms with E-state index in [2.05, 4.69) is 46.3 Å². The standard InChI is InChI=1S/C19H33N5.HI/c1-4-20-19(23-13-18-9-5-6-10-21-18)22-12-17-8-7-11-24(15-17)14-16(2)3;/h5-6,9-10,16-17H,4,7-8,11-15H2,1-3H3,(H2,20,22,23);1H. The fourth-order valence-corrected chi connectivity index (χ4v) is 3.23. The maximum absolute atomic E-state index is 4.65. The van der Waals surface area contributed by atoms with Crippen LogP contribution in [0, 0.1) is 11.8 Å². The Balaban J connectivity index is 0.00000312. The summed E-state index contributed by atoms with van der Waals surface area (Å²) in [6.45, 7) is 12.8. The summed E-state index contributed by atoms with van der Waals surface area (Å²) in [5, 5.41) is 6.85. The molecule has 1 aliphatic rings. The summed E-state index contributed by atoms with van der Waals surface area (Å²) in [7, 11) is 0. The lowest BCUT2D eigenvalue weighted by atomic mass is 9.97. The van der Waals surface area contributed by atoms with Crippen molar-refractivity contribution in [2.75, 3.05) is 32.7 Å². The van der Waals surface area contributed by atoms with Crippen LogP contribution in [0.5, 0.6) is 0 Å². The van der Waals surface area contributed by atoms with E-state index in [9.17, 15) is 0 Å². The van der Waals surface area contributed by atoms with Crippen molar-refractivity contribution in [3.8, 4) is 0 Å². The number of aromatic nitrogens is 1. The minimum Gasteiger partial charge on any atom is -0.357 e. The van der Waals surface area contributed by atoms with Crippen LogP contribution in [0.2, 0.25) is 0 Å². The molecule has 1 unspecified atom stereocenters. The third-order valence-corrected chi connectivity index (χ3v) is 4.25. The predicted octanol–water partition coefficient (Wildman–Crippen LogP) is 3.12. The number of halogens is 1. The maximum atomic E-state index is 4.65. The Morgan fingerprint density at radius 2 is 2.20 bits per heavy atom. The van der Waals surface area contributed by atoms with Crippen molar-refractivity contribution in [3.63, 3.8) is 0 Å². The van der Waals surface area contributed by atoms with Gasteiger partial charge in [-0.05, 0) is 50.3 Å². The third kappa shape index (κ3) is 8.85. The summed E-state index contributed by atoms with van der Waals surface area (Å²) in [5.41, 5.74) is 0.996. The first kappa shape index (κ1) is 22.2. The zero-order valence-electron chi connectivity index (χ0n) is 15.9. The highest BCUT2D eigenvalue weighted by Gasteiger charge is 2.20. The third-order valence-electron chi connectivity index (χ3n) is 4.25. The van der Waals surface area contributed by atoms with Gasteiger partial charge in [0, 0.05) is 32.4 Å². The summed E-state index contributed by atoms with van der Waals surface area (Å²) in [5.74, 6) is 2.34. The molecule has 142 valence electrons. The second kappa shape index (κ2) is 12.5. The van der Waals surface area contributed by atoms with Crippen molar-refractivity contribution >= 4 is 29.9 Å². The van der Waals surface area contributed by atoms with Crippen molar-refractivity contribution in [2.24, 2.45) is 16.8 Å². The van der Waals surface area contributed by atoms with Gasteiger partial charge in [-0.1, -0.05) is 19.9 Å². The van der Waals surface area contributed by atoms with Crippen LogP contribution in [0.15, 0.2) is 29.4 Å².